The van der Waals surface area contributed by atoms with Crippen LogP contribution < -0.4 is 4.74 Å². The van der Waals surface area contributed by atoms with Gasteiger partial charge >= 0.3 is 12.0 Å². The van der Waals surface area contributed by atoms with Gasteiger partial charge in [0.05, 0.1) is 36.6 Å². The first-order valence-electron chi connectivity index (χ1n) is 12.9. The lowest BCUT2D eigenvalue weighted by molar-refractivity contribution is -0.169. The maximum Gasteiger partial charge on any atom is 0.332 e. The zero-order valence-electron chi connectivity index (χ0n) is 21.8. The highest BCUT2D eigenvalue weighted by Gasteiger charge is 2.62. The molecule has 1 aromatic rings. The molecule has 3 heterocycles. The number of urea groups is 1. The van der Waals surface area contributed by atoms with E-state index in [1.54, 1.807) is 12.0 Å². The van der Waals surface area contributed by atoms with E-state index in [1.165, 1.54) is 23.8 Å². The normalized spacial score (nSPS) is 26.2. The zero-order chi connectivity index (χ0) is 27.0. The van der Waals surface area contributed by atoms with Gasteiger partial charge < -0.3 is 23.8 Å². The molecule has 2 unspecified atom stereocenters. The van der Waals surface area contributed by atoms with Crippen molar-refractivity contribution in [3.63, 3.8) is 0 Å². The van der Waals surface area contributed by atoms with Gasteiger partial charge in [-0.05, 0) is 66.6 Å². The highest BCUT2D eigenvalue weighted by molar-refractivity contribution is 9.14. The van der Waals surface area contributed by atoms with Gasteiger partial charge in [-0.1, -0.05) is 30.0 Å². The average molecular weight is 610 g/mol. The summed E-state index contributed by atoms with van der Waals surface area (Å²) in [5, 5.41) is -0.453. The van der Waals surface area contributed by atoms with E-state index >= 15 is 0 Å². The SMILES string of the molecule is COC(=O)C1(N2C(=O)C3C(C)=C(Br)SC3N(C[C@H](OC3CCOCC3)c3ccccc3OC)C2=O)CCC1. The summed E-state index contributed by atoms with van der Waals surface area (Å²) < 4.78 is 23.8. The van der Waals surface area contributed by atoms with Crippen LogP contribution in [0.5, 0.6) is 5.75 Å². The third-order valence-corrected chi connectivity index (χ3v) is 10.5. The van der Waals surface area contributed by atoms with Gasteiger partial charge in [-0.15, -0.1) is 0 Å². The minimum absolute atomic E-state index is 0.0389. The molecular weight excluding hydrogens is 576 g/mol. The maximum atomic E-state index is 14.2. The number of thioether (sulfide) groups is 1. The molecule has 1 aromatic carbocycles. The molecule has 1 saturated carbocycles. The van der Waals surface area contributed by atoms with E-state index in [1.807, 2.05) is 31.2 Å². The van der Waals surface area contributed by atoms with E-state index in [2.05, 4.69) is 15.9 Å². The Morgan fingerprint density at radius 1 is 1.21 bits per heavy atom. The number of ether oxygens (including phenoxy) is 4. The molecule has 5 rings (SSSR count). The molecule has 3 amide bonds. The number of halogens is 1. The number of para-hydroxylation sites is 1. The van der Waals surface area contributed by atoms with Crippen LogP contribution in [0.15, 0.2) is 33.7 Å². The van der Waals surface area contributed by atoms with Crippen molar-refractivity contribution >= 4 is 45.6 Å². The van der Waals surface area contributed by atoms with E-state index in [4.69, 9.17) is 18.9 Å². The highest BCUT2D eigenvalue weighted by atomic mass is 79.9. The largest absolute Gasteiger partial charge is 0.496 e. The van der Waals surface area contributed by atoms with Crippen LogP contribution in [0.4, 0.5) is 4.79 Å². The number of esters is 1. The molecular formula is C27H33BrN2O7S. The summed E-state index contributed by atoms with van der Waals surface area (Å²) in [4.78, 5) is 44.0. The Bertz CT molecular complexity index is 1130. The van der Waals surface area contributed by atoms with Gasteiger partial charge in [0.1, 0.15) is 22.8 Å². The van der Waals surface area contributed by atoms with Crippen LogP contribution in [0.25, 0.3) is 0 Å². The second-order valence-electron chi connectivity index (χ2n) is 10.1. The predicted octanol–water partition coefficient (Wildman–Crippen LogP) is 4.61. The number of fused-ring (bicyclic) bond motifs is 1. The van der Waals surface area contributed by atoms with Crippen molar-refractivity contribution in [2.45, 2.75) is 62.1 Å². The van der Waals surface area contributed by atoms with Gasteiger partial charge in [0.25, 0.3) is 0 Å². The van der Waals surface area contributed by atoms with E-state index in [-0.39, 0.29) is 18.6 Å². The first-order chi connectivity index (χ1) is 18.3. The van der Waals surface area contributed by atoms with Crippen LogP contribution >= 0.6 is 27.7 Å². The Balaban J connectivity index is 1.53. The van der Waals surface area contributed by atoms with E-state index in [9.17, 15) is 14.4 Å². The van der Waals surface area contributed by atoms with Crippen LogP contribution in [0.2, 0.25) is 0 Å². The molecule has 2 saturated heterocycles. The van der Waals surface area contributed by atoms with Crippen molar-refractivity contribution in [2.75, 3.05) is 34.0 Å². The summed E-state index contributed by atoms with van der Waals surface area (Å²) in [7, 11) is 2.91. The van der Waals surface area contributed by atoms with E-state index in [0.29, 0.717) is 31.8 Å². The number of carbonyl (C=O) groups is 3. The number of benzene rings is 1. The first-order valence-corrected chi connectivity index (χ1v) is 14.6. The van der Waals surface area contributed by atoms with Crippen LogP contribution in [0, 0.1) is 5.92 Å². The van der Waals surface area contributed by atoms with Crippen molar-refractivity contribution in [1.82, 2.24) is 9.80 Å². The number of hydrogen-bond donors (Lipinski definition) is 0. The van der Waals surface area contributed by atoms with Crippen molar-refractivity contribution in [3.8, 4) is 5.75 Å². The molecule has 4 aliphatic rings. The van der Waals surface area contributed by atoms with Gasteiger partial charge in [-0.2, -0.15) is 0 Å². The quantitative estimate of drug-likeness (QED) is 0.395. The predicted molar refractivity (Wildman–Crippen MR) is 145 cm³/mol. The lowest BCUT2D eigenvalue weighted by Crippen LogP contribution is -2.71. The molecule has 206 valence electrons. The number of carbonyl (C=O) groups excluding carboxylic acids is 3. The van der Waals surface area contributed by atoms with Crippen molar-refractivity contribution in [3.05, 3.63) is 39.2 Å². The zero-order valence-corrected chi connectivity index (χ0v) is 24.2. The van der Waals surface area contributed by atoms with Crippen molar-refractivity contribution in [2.24, 2.45) is 5.92 Å². The number of imide groups is 1. The minimum atomic E-state index is -1.27. The molecule has 0 bridgehead atoms. The second kappa shape index (κ2) is 11.2. The van der Waals surface area contributed by atoms with Crippen LogP contribution in [0.3, 0.4) is 0 Å². The summed E-state index contributed by atoms with van der Waals surface area (Å²) in [6, 6.07) is 7.14. The molecule has 3 fully saturated rings. The standard InChI is InChI=1S/C27H33BrN2O7S/c1-16-21-23(31)30(27(11-6-12-27)25(32)35-3)26(33)29(24(21)38-22(16)28)15-20(37-17-9-13-36-14-10-17)18-7-4-5-8-19(18)34-2/h4-5,7-8,17,20-21,24H,6,9-15H2,1-3H3/t20-,21?,24?/m0/s1. The minimum Gasteiger partial charge on any atom is -0.496 e. The van der Waals surface area contributed by atoms with Gasteiger partial charge in [0.2, 0.25) is 5.91 Å². The molecule has 0 radical (unpaired) electrons. The Hall–Kier alpha value is -2.08. The van der Waals surface area contributed by atoms with Gasteiger partial charge in [-0.25, -0.2) is 14.5 Å². The maximum absolute atomic E-state index is 14.2. The molecule has 0 spiro atoms. The van der Waals surface area contributed by atoms with Crippen LogP contribution in [0.1, 0.15) is 50.7 Å². The van der Waals surface area contributed by atoms with Crippen molar-refractivity contribution in [1.29, 1.82) is 0 Å². The highest BCUT2D eigenvalue weighted by Crippen LogP contribution is 2.53. The lowest BCUT2D eigenvalue weighted by Gasteiger charge is -2.52. The number of rotatable bonds is 8. The number of methoxy groups -OCH3 is 2. The molecule has 3 aliphatic heterocycles. The molecule has 9 nitrogen and oxygen atoms in total. The molecule has 1 aliphatic carbocycles. The van der Waals surface area contributed by atoms with Gasteiger partial charge in [0.15, 0.2) is 0 Å². The summed E-state index contributed by atoms with van der Waals surface area (Å²) >= 11 is 5.05. The van der Waals surface area contributed by atoms with E-state index in [0.717, 1.165) is 34.2 Å². The molecule has 3 atom stereocenters. The lowest BCUT2D eigenvalue weighted by atomic mass is 9.74. The van der Waals surface area contributed by atoms with Gasteiger partial charge in [-0.3, -0.25) is 4.79 Å². The van der Waals surface area contributed by atoms with Crippen LogP contribution in [-0.2, 0) is 23.8 Å². The first kappa shape index (κ1) is 27.5. The second-order valence-corrected chi connectivity index (χ2v) is 12.6. The third-order valence-electron chi connectivity index (χ3n) is 8.06. The molecule has 0 aromatic heterocycles. The molecule has 38 heavy (non-hydrogen) atoms. The smallest absolute Gasteiger partial charge is 0.332 e. The average Bonchev–Trinajstić information content (AvgIpc) is 3.21. The number of amides is 3. The number of nitrogens with zero attached hydrogens (tertiary/aromatic N) is 2. The fraction of sp³-hybridized carbons (Fsp3) is 0.593. The summed E-state index contributed by atoms with van der Waals surface area (Å²) in [5.74, 6) is -0.802. The number of hydrogen-bond acceptors (Lipinski definition) is 8. The summed E-state index contributed by atoms with van der Waals surface area (Å²) in [5.41, 5.74) is 0.409. The summed E-state index contributed by atoms with van der Waals surface area (Å²) in [6.07, 6.45) is 2.49. The molecule has 11 heteroatoms. The van der Waals surface area contributed by atoms with Crippen LogP contribution in [-0.4, -0.2) is 78.7 Å². The third kappa shape index (κ3) is 4.65. The van der Waals surface area contributed by atoms with Gasteiger partial charge in [0, 0.05) is 18.8 Å². The molecule has 0 N–H and O–H groups in total. The Kier molecular flexibility index (Phi) is 8.09. The van der Waals surface area contributed by atoms with E-state index < -0.39 is 34.9 Å². The fourth-order valence-electron chi connectivity index (χ4n) is 5.79. The Morgan fingerprint density at radius 2 is 1.92 bits per heavy atom. The monoisotopic (exact) mass is 608 g/mol. The Labute approximate surface area is 235 Å². The van der Waals surface area contributed by atoms with Crippen molar-refractivity contribution < 1.29 is 33.3 Å². The topological polar surface area (TPSA) is 94.6 Å². The Morgan fingerprint density at radius 3 is 2.55 bits per heavy atom. The summed E-state index contributed by atoms with van der Waals surface area (Å²) in [6.45, 7) is 3.33. The fourth-order valence-corrected chi connectivity index (χ4v) is 7.90.